The zero-order chi connectivity index (χ0) is 10.3. The summed E-state index contributed by atoms with van der Waals surface area (Å²) in [6, 6.07) is 0. The Labute approximate surface area is 81.7 Å². The third-order valence-corrected chi connectivity index (χ3v) is 2.52. The number of ether oxygens (including phenoxy) is 1. The maximum absolute atomic E-state index is 11.3. The van der Waals surface area contributed by atoms with Gasteiger partial charge in [0.05, 0.1) is 12.5 Å². The number of unbranched alkanes of at least 4 members (excludes halogenated alkanes) is 1. The topological polar surface area (TPSA) is 26.3 Å². The summed E-state index contributed by atoms with van der Waals surface area (Å²) in [6.07, 6.45) is 3.52. The van der Waals surface area contributed by atoms with Crippen LogP contribution in [0.25, 0.3) is 0 Å². The van der Waals surface area contributed by atoms with Crippen molar-refractivity contribution in [1.29, 1.82) is 0 Å². The first kappa shape index (κ1) is 12.5. The van der Waals surface area contributed by atoms with E-state index in [1.807, 2.05) is 13.8 Å². The average Bonchev–Trinajstić information content (AvgIpc) is 2.13. The maximum atomic E-state index is 11.3. The molecule has 0 saturated carbocycles. The monoisotopic (exact) mass is 186 g/mol. The van der Waals surface area contributed by atoms with Gasteiger partial charge in [0.2, 0.25) is 0 Å². The Morgan fingerprint density at radius 2 is 1.92 bits per heavy atom. The molecule has 2 heteroatoms. The molecule has 0 aliphatic rings. The average molecular weight is 186 g/mol. The summed E-state index contributed by atoms with van der Waals surface area (Å²) in [7, 11) is 0. The van der Waals surface area contributed by atoms with Crippen LogP contribution in [0.15, 0.2) is 0 Å². The van der Waals surface area contributed by atoms with Gasteiger partial charge in [-0.25, -0.2) is 0 Å². The fourth-order valence-corrected chi connectivity index (χ4v) is 1.28. The van der Waals surface area contributed by atoms with Gasteiger partial charge in [0.25, 0.3) is 0 Å². The van der Waals surface area contributed by atoms with Crippen molar-refractivity contribution in [3.8, 4) is 0 Å². The molecule has 0 aliphatic carbocycles. The highest BCUT2D eigenvalue weighted by Gasteiger charge is 2.20. The number of carbonyl (C=O) groups is 1. The van der Waals surface area contributed by atoms with Gasteiger partial charge in [0, 0.05) is 0 Å². The second-order valence-electron chi connectivity index (χ2n) is 3.66. The van der Waals surface area contributed by atoms with Crippen molar-refractivity contribution >= 4 is 5.97 Å². The van der Waals surface area contributed by atoms with Crippen molar-refractivity contribution in [3.63, 3.8) is 0 Å². The van der Waals surface area contributed by atoms with Gasteiger partial charge in [-0.2, -0.15) is 0 Å². The van der Waals surface area contributed by atoms with Crippen molar-refractivity contribution in [2.75, 3.05) is 6.61 Å². The lowest BCUT2D eigenvalue weighted by Gasteiger charge is -2.17. The lowest BCUT2D eigenvalue weighted by Crippen LogP contribution is -2.21. The van der Waals surface area contributed by atoms with Crippen LogP contribution in [0.5, 0.6) is 0 Å². The second-order valence-corrected chi connectivity index (χ2v) is 3.66. The zero-order valence-electron chi connectivity index (χ0n) is 9.30. The van der Waals surface area contributed by atoms with Crippen molar-refractivity contribution in [2.45, 2.75) is 47.0 Å². The van der Waals surface area contributed by atoms with Crippen LogP contribution in [0, 0.1) is 11.8 Å². The van der Waals surface area contributed by atoms with E-state index in [1.54, 1.807) is 0 Å². The van der Waals surface area contributed by atoms with Crippen LogP contribution < -0.4 is 0 Å². The fraction of sp³-hybridized carbons (Fsp3) is 0.909. The van der Waals surface area contributed by atoms with Crippen LogP contribution in [0.4, 0.5) is 0 Å². The largest absolute Gasteiger partial charge is 0.466 e. The number of esters is 1. The minimum absolute atomic E-state index is 0.0477. The third kappa shape index (κ3) is 4.91. The van der Waals surface area contributed by atoms with Crippen molar-refractivity contribution < 1.29 is 9.53 Å². The molecular formula is C11H22O2. The van der Waals surface area contributed by atoms with E-state index in [9.17, 15) is 4.79 Å². The number of hydrogen-bond acceptors (Lipinski definition) is 2. The Kier molecular flexibility index (Phi) is 6.65. The highest BCUT2D eigenvalue weighted by atomic mass is 16.5. The van der Waals surface area contributed by atoms with Gasteiger partial charge in [-0.05, 0) is 19.3 Å². The van der Waals surface area contributed by atoms with E-state index in [1.165, 1.54) is 12.8 Å². The predicted molar refractivity (Wildman–Crippen MR) is 54.5 cm³/mol. The highest BCUT2D eigenvalue weighted by molar-refractivity contribution is 5.72. The molecule has 0 radical (unpaired) electrons. The molecule has 0 aromatic carbocycles. The summed E-state index contributed by atoms with van der Waals surface area (Å²) in [5, 5.41) is 0. The smallest absolute Gasteiger partial charge is 0.308 e. The SMILES string of the molecule is CCCC[C@@H](C)[C@@H](C)C(=O)OCC. The summed E-state index contributed by atoms with van der Waals surface area (Å²) >= 11 is 0. The van der Waals surface area contributed by atoms with Crippen LogP contribution >= 0.6 is 0 Å². The summed E-state index contributed by atoms with van der Waals surface area (Å²) in [4.78, 5) is 11.3. The molecule has 0 unspecified atom stereocenters. The molecule has 0 fully saturated rings. The molecule has 0 aromatic rings. The van der Waals surface area contributed by atoms with Gasteiger partial charge in [-0.15, -0.1) is 0 Å². The third-order valence-electron chi connectivity index (χ3n) is 2.52. The normalized spacial score (nSPS) is 15.1. The van der Waals surface area contributed by atoms with Crippen LogP contribution in [0.2, 0.25) is 0 Å². The zero-order valence-corrected chi connectivity index (χ0v) is 9.30. The van der Waals surface area contributed by atoms with Gasteiger partial charge in [0.15, 0.2) is 0 Å². The molecule has 0 N–H and O–H groups in total. The summed E-state index contributed by atoms with van der Waals surface area (Å²) < 4.78 is 4.97. The minimum atomic E-state index is -0.0499. The predicted octanol–water partition coefficient (Wildman–Crippen LogP) is 3.01. The molecular weight excluding hydrogens is 164 g/mol. The molecule has 0 heterocycles. The first-order valence-electron chi connectivity index (χ1n) is 5.30. The Morgan fingerprint density at radius 3 is 2.38 bits per heavy atom. The molecule has 0 aromatic heterocycles. The van der Waals surface area contributed by atoms with E-state index in [0.29, 0.717) is 12.5 Å². The van der Waals surface area contributed by atoms with E-state index < -0.39 is 0 Å². The fourth-order valence-electron chi connectivity index (χ4n) is 1.28. The van der Waals surface area contributed by atoms with E-state index in [0.717, 1.165) is 6.42 Å². The molecule has 0 rings (SSSR count). The first-order chi connectivity index (χ1) is 6.13. The summed E-state index contributed by atoms with van der Waals surface area (Å²) in [5.74, 6) is 0.441. The van der Waals surface area contributed by atoms with Crippen LogP contribution in [-0.4, -0.2) is 12.6 Å². The standard InChI is InChI=1S/C11H22O2/c1-5-7-8-9(3)10(4)11(12)13-6-2/h9-10H,5-8H2,1-4H3/t9-,10-/m1/s1. The molecule has 2 nitrogen and oxygen atoms in total. The molecule has 2 atom stereocenters. The Hall–Kier alpha value is -0.530. The van der Waals surface area contributed by atoms with Crippen molar-refractivity contribution in [3.05, 3.63) is 0 Å². The van der Waals surface area contributed by atoms with Gasteiger partial charge >= 0.3 is 5.97 Å². The Balaban J connectivity index is 3.79. The van der Waals surface area contributed by atoms with E-state index in [2.05, 4.69) is 13.8 Å². The lowest BCUT2D eigenvalue weighted by molar-refractivity contribution is -0.149. The van der Waals surface area contributed by atoms with Crippen molar-refractivity contribution in [1.82, 2.24) is 0 Å². The summed E-state index contributed by atoms with van der Waals surface area (Å²) in [5.41, 5.74) is 0. The molecule has 0 saturated heterocycles. The van der Waals surface area contributed by atoms with E-state index in [-0.39, 0.29) is 11.9 Å². The maximum Gasteiger partial charge on any atom is 0.308 e. The van der Waals surface area contributed by atoms with Crippen LogP contribution in [0.3, 0.4) is 0 Å². The molecule has 0 amide bonds. The second kappa shape index (κ2) is 6.93. The van der Waals surface area contributed by atoms with Gasteiger partial charge < -0.3 is 4.74 Å². The minimum Gasteiger partial charge on any atom is -0.466 e. The Bertz CT molecular complexity index is 143. The number of rotatable bonds is 6. The molecule has 0 aliphatic heterocycles. The number of carbonyl (C=O) groups excluding carboxylic acids is 1. The molecule has 13 heavy (non-hydrogen) atoms. The molecule has 78 valence electrons. The van der Waals surface area contributed by atoms with Crippen LogP contribution in [0.1, 0.15) is 47.0 Å². The van der Waals surface area contributed by atoms with Gasteiger partial charge in [-0.3, -0.25) is 4.79 Å². The molecule has 0 spiro atoms. The number of hydrogen-bond donors (Lipinski definition) is 0. The van der Waals surface area contributed by atoms with E-state index in [4.69, 9.17) is 4.74 Å². The van der Waals surface area contributed by atoms with Gasteiger partial charge in [-0.1, -0.05) is 33.6 Å². The van der Waals surface area contributed by atoms with E-state index >= 15 is 0 Å². The quantitative estimate of drug-likeness (QED) is 0.596. The highest BCUT2D eigenvalue weighted by Crippen LogP contribution is 2.18. The molecule has 0 bridgehead atoms. The Morgan fingerprint density at radius 1 is 1.31 bits per heavy atom. The van der Waals surface area contributed by atoms with Crippen LogP contribution in [-0.2, 0) is 9.53 Å². The van der Waals surface area contributed by atoms with Crippen molar-refractivity contribution in [2.24, 2.45) is 11.8 Å². The van der Waals surface area contributed by atoms with Gasteiger partial charge in [0.1, 0.15) is 0 Å². The lowest BCUT2D eigenvalue weighted by atomic mass is 9.91. The first-order valence-corrected chi connectivity index (χ1v) is 5.30. The summed E-state index contributed by atoms with van der Waals surface area (Å²) in [6.45, 7) is 8.59.